The van der Waals surface area contributed by atoms with Gasteiger partial charge in [-0.3, -0.25) is 0 Å². The molecule has 1 aromatic heterocycles. The first kappa shape index (κ1) is 13.9. The van der Waals surface area contributed by atoms with Gasteiger partial charge in [-0.15, -0.1) is 0 Å². The number of nitrogens with zero attached hydrogens (tertiary/aromatic N) is 2. The van der Waals surface area contributed by atoms with Crippen LogP contribution in [0.1, 0.15) is 57.6 Å². The second kappa shape index (κ2) is 6.09. The van der Waals surface area contributed by atoms with Crippen molar-refractivity contribution in [2.45, 2.75) is 58.9 Å². The molecule has 1 heterocycles. The molecular weight excluding hydrogens is 234 g/mol. The van der Waals surface area contributed by atoms with Crippen molar-refractivity contribution in [3.63, 3.8) is 0 Å². The summed E-state index contributed by atoms with van der Waals surface area (Å²) in [5.74, 6) is 0.646. The summed E-state index contributed by atoms with van der Waals surface area (Å²) in [6.45, 7) is 6.57. The Hall–Kier alpha value is -1.51. The number of nitrogens with two attached hydrogens (primary N) is 1. The normalized spacial score (nSPS) is 13.0. The highest BCUT2D eigenvalue weighted by Crippen LogP contribution is 2.27. The number of aromatic nitrogens is 2. The summed E-state index contributed by atoms with van der Waals surface area (Å²) in [7, 11) is 0. The molecule has 0 aliphatic carbocycles. The van der Waals surface area contributed by atoms with Gasteiger partial charge in [-0.1, -0.05) is 44.7 Å². The van der Waals surface area contributed by atoms with Gasteiger partial charge in [0.1, 0.15) is 0 Å². The van der Waals surface area contributed by atoms with Crippen LogP contribution in [-0.2, 0) is 0 Å². The van der Waals surface area contributed by atoms with Crippen LogP contribution in [0.3, 0.4) is 0 Å². The van der Waals surface area contributed by atoms with Gasteiger partial charge in [-0.05, 0) is 31.9 Å². The van der Waals surface area contributed by atoms with Gasteiger partial charge < -0.3 is 10.3 Å². The maximum atomic E-state index is 6.11. The van der Waals surface area contributed by atoms with Gasteiger partial charge in [-0.2, -0.15) is 0 Å². The van der Waals surface area contributed by atoms with Crippen LogP contribution in [0.2, 0.25) is 0 Å². The zero-order chi connectivity index (χ0) is 13.8. The molecule has 0 amide bonds. The van der Waals surface area contributed by atoms with Gasteiger partial charge in [0.2, 0.25) is 5.95 Å². The lowest BCUT2D eigenvalue weighted by atomic mass is 10.1. The molecule has 0 aliphatic rings. The number of hydrogen-bond acceptors (Lipinski definition) is 2. The quantitative estimate of drug-likeness (QED) is 0.778. The zero-order valence-electron chi connectivity index (χ0n) is 12.3. The SMILES string of the molecule is CCCCCCC(C)n1c(N)nc2c(C)cccc21. The van der Waals surface area contributed by atoms with Gasteiger partial charge >= 0.3 is 0 Å². The summed E-state index contributed by atoms with van der Waals surface area (Å²) in [4.78, 5) is 4.52. The average Bonchev–Trinajstić information content (AvgIpc) is 2.72. The Morgan fingerprint density at radius 1 is 1.26 bits per heavy atom. The minimum Gasteiger partial charge on any atom is -0.369 e. The Kier molecular flexibility index (Phi) is 4.46. The molecule has 1 atom stereocenters. The Balaban J connectivity index is 2.19. The van der Waals surface area contributed by atoms with E-state index in [-0.39, 0.29) is 0 Å². The predicted octanol–water partition coefficient (Wildman–Crippen LogP) is 4.46. The van der Waals surface area contributed by atoms with Crippen molar-refractivity contribution in [3.8, 4) is 0 Å². The summed E-state index contributed by atoms with van der Waals surface area (Å²) in [5.41, 5.74) is 9.51. The van der Waals surface area contributed by atoms with E-state index in [2.05, 4.69) is 48.5 Å². The molecule has 1 unspecified atom stereocenters. The molecule has 2 N–H and O–H groups in total. The lowest BCUT2D eigenvalue weighted by Gasteiger charge is -2.16. The van der Waals surface area contributed by atoms with Crippen LogP contribution >= 0.6 is 0 Å². The maximum Gasteiger partial charge on any atom is 0.201 e. The number of imidazole rings is 1. The van der Waals surface area contributed by atoms with Crippen LogP contribution in [0, 0.1) is 6.92 Å². The fraction of sp³-hybridized carbons (Fsp3) is 0.562. The van der Waals surface area contributed by atoms with Gasteiger partial charge in [0.05, 0.1) is 11.0 Å². The number of aryl methyl sites for hydroxylation is 1. The first-order valence-electron chi connectivity index (χ1n) is 7.38. The fourth-order valence-corrected chi connectivity index (χ4v) is 2.73. The molecule has 2 rings (SSSR count). The summed E-state index contributed by atoms with van der Waals surface area (Å²) in [6.07, 6.45) is 6.35. The van der Waals surface area contributed by atoms with Crippen LogP contribution in [0.5, 0.6) is 0 Å². The molecule has 0 bridgehead atoms. The van der Waals surface area contributed by atoms with Crippen molar-refractivity contribution in [1.29, 1.82) is 0 Å². The maximum absolute atomic E-state index is 6.11. The number of hydrogen-bond donors (Lipinski definition) is 1. The number of nitrogen functional groups attached to an aromatic ring is 1. The fourth-order valence-electron chi connectivity index (χ4n) is 2.73. The Labute approximate surface area is 115 Å². The number of rotatable bonds is 6. The molecule has 3 heteroatoms. The molecule has 3 nitrogen and oxygen atoms in total. The standard InChI is InChI=1S/C16H25N3/c1-4-5-6-7-10-13(3)19-14-11-8-9-12(2)15(14)18-16(19)17/h8-9,11,13H,4-7,10H2,1-3H3,(H2,17,18). The van der Waals surface area contributed by atoms with E-state index in [1.54, 1.807) is 0 Å². The molecule has 0 spiro atoms. The molecule has 0 saturated carbocycles. The van der Waals surface area contributed by atoms with Gasteiger partial charge in [0, 0.05) is 6.04 Å². The van der Waals surface area contributed by atoms with Crippen LogP contribution in [0.25, 0.3) is 11.0 Å². The van der Waals surface area contributed by atoms with Crippen molar-refractivity contribution in [1.82, 2.24) is 9.55 Å². The van der Waals surface area contributed by atoms with Gasteiger partial charge in [0.25, 0.3) is 0 Å². The molecule has 0 aliphatic heterocycles. The highest BCUT2D eigenvalue weighted by atomic mass is 15.2. The largest absolute Gasteiger partial charge is 0.369 e. The van der Waals surface area contributed by atoms with Crippen LogP contribution in [0.4, 0.5) is 5.95 Å². The first-order chi connectivity index (χ1) is 9.15. The number of para-hydroxylation sites is 1. The van der Waals surface area contributed by atoms with E-state index in [1.165, 1.54) is 43.2 Å². The van der Waals surface area contributed by atoms with Crippen LogP contribution in [-0.4, -0.2) is 9.55 Å². The summed E-state index contributed by atoms with van der Waals surface area (Å²) < 4.78 is 2.19. The predicted molar refractivity (Wildman–Crippen MR) is 82.4 cm³/mol. The second-order valence-corrected chi connectivity index (χ2v) is 5.48. The lowest BCUT2D eigenvalue weighted by molar-refractivity contribution is 0.486. The highest BCUT2D eigenvalue weighted by molar-refractivity contribution is 5.81. The minimum atomic E-state index is 0.420. The van der Waals surface area contributed by atoms with E-state index < -0.39 is 0 Å². The van der Waals surface area contributed by atoms with Gasteiger partial charge in [-0.25, -0.2) is 4.98 Å². The molecule has 19 heavy (non-hydrogen) atoms. The van der Waals surface area contributed by atoms with Crippen molar-refractivity contribution in [2.24, 2.45) is 0 Å². The number of anilines is 1. The van der Waals surface area contributed by atoms with E-state index in [1.807, 2.05) is 0 Å². The molecule has 0 fully saturated rings. The molecule has 0 saturated heterocycles. The Bertz CT molecular complexity index is 542. The average molecular weight is 259 g/mol. The molecule has 104 valence electrons. The molecule has 1 aromatic carbocycles. The zero-order valence-corrected chi connectivity index (χ0v) is 12.3. The number of unbranched alkanes of at least 4 members (excludes halogenated alkanes) is 3. The minimum absolute atomic E-state index is 0.420. The van der Waals surface area contributed by atoms with Crippen molar-refractivity contribution >= 4 is 17.0 Å². The first-order valence-corrected chi connectivity index (χ1v) is 7.38. The second-order valence-electron chi connectivity index (χ2n) is 5.48. The third-order valence-electron chi connectivity index (χ3n) is 3.87. The smallest absolute Gasteiger partial charge is 0.201 e. The Morgan fingerprint density at radius 2 is 2.05 bits per heavy atom. The van der Waals surface area contributed by atoms with Gasteiger partial charge in [0.15, 0.2) is 0 Å². The van der Waals surface area contributed by atoms with E-state index in [0.29, 0.717) is 12.0 Å². The molecule has 2 aromatic rings. The lowest BCUT2D eigenvalue weighted by Crippen LogP contribution is -2.08. The Morgan fingerprint density at radius 3 is 2.79 bits per heavy atom. The number of fused-ring (bicyclic) bond motifs is 1. The monoisotopic (exact) mass is 259 g/mol. The van der Waals surface area contributed by atoms with E-state index in [4.69, 9.17) is 5.73 Å². The van der Waals surface area contributed by atoms with Crippen LogP contribution in [0.15, 0.2) is 18.2 Å². The molecule has 0 radical (unpaired) electrons. The highest BCUT2D eigenvalue weighted by Gasteiger charge is 2.14. The van der Waals surface area contributed by atoms with Crippen molar-refractivity contribution < 1.29 is 0 Å². The topological polar surface area (TPSA) is 43.8 Å². The summed E-state index contributed by atoms with van der Waals surface area (Å²) in [6, 6.07) is 6.71. The van der Waals surface area contributed by atoms with E-state index in [9.17, 15) is 0 Å². The van der Waals surface area contributed by atoms with Crippen LogP contribution < -0.4 is 5.73 Å². The third-order valence-corrected chi connectivity index (χ3v) is 3.87. The summed E-state index contributed by atoms with van der Waals surface area (Å²) in [5, 5.41) is 0. The molecular formula is C16H25N3. The van der Waals surface area contributed by atoms with E-state index in [0.717, 1.165) is 5.52 Å². The van der Waals surface area contributed by atoms with Crippen molar-refractivity contribution in [3.05, 3.63) is 23.8 Å². The third kappa shape index (κ3) is 2.91. The summed E-state index contributed by atoms with van der Waals surface area (Å²) >= 11 is 0. The van der Waals surface area contributed by atoms with Crippen molar-refractivity contribution in [2.75, 3.05) is 5.73 Å². The van der Waals surface area contributed by atoms with E-state index >= 15 is 0 Å². The number of benzene rings is 1.